The zero-order valence-corrected chi connectivity index (χ0v) is 12.4. The summed E-state index contributed by atoms with van der Waals surface area (Å²) in [5.41, 5.74) is 2.44. The van der Waals surface area contributed by atoms with Gasteiger partial charge in [-0.05, 0) is 42.4 Å². The zero-order chi connectivity index (χ0) is 14.9. The third-order valence-corrected chi connectivity index (χ3v) is 3.72. The molecule has 0 amide bonds. The largest absolute Gasteiger partial charge is 0.496 e. The lowest BCUT2D eigenvalue weighted by molar-refractivity contribution is 0.401. The first kappa shape index (κ1) is 15.2. The number of hydrogen-bond donors (Lipinski definition) is 0. The lowest BCUT2D eigenvalue weighted by Gasteiger charge is -2.15. The molecule has 2 rings (SSSR count). The standard InChI is InChI=1S/C18H21NO2/c1-21-18-10-6-5-9-17(18)13-16(14-19-20)12-11-15-7-3-2-4-8-15/h2-10,16H,11-14H2,1H3/t16-/m1/s1. The Morgan fingerprint density at radius 3 is 2.48 bits per heavy atom. The average molecular weight is 283 g/mol. The molecule has 110 valence electrons. The number of hydrogen-bond acceptors (Lipinski definition) is 3. The average Bonchev–Trinajstić information content (AvgIpc) is 2.54. The minimum absolute atomic E-state index is 0.249. The minimum atomic E-state index is 0.249. The van der Waals surface area contributed by atoms with E-state index >= 15 is 0 Å². The van der Waals surface area contributed by atoms with Crippen LogP contribution in [0.1, 0.15) is 17.5 Å². The molecule has 0 bridgehead atoms. The summed E-state index contributed by atoms with van der Waals surface area (Å²) in [4.78, 5) is 10.7. The van der Waals surface area contributed by atoms with Gasteiger partial charge in [0.15, 0.2) is 0 Å². The molecule has 3 heteroatoms. The van der Waals surface area contributed by atoms with Crippen LogP contribution in [0.5, 0.6) is 5.75 Å². The maximum Gasteiger partial charge on any atom is 0.122 e. The molecule has 0 heterocycles. The molecular weight excluding hydrogens is 262 g/mol. The van der Waals surface area contributed by atoms with Crippen molar-refractivity contribution in [2.45, 2.75) is 19.3 Å². The highest BCUT2D eigenvalue weighted by Gasteiger charge is 2.13. The van der Waals surface area contributed by atoms with Crippen LogP contribution in [0.4, 0.5) is 0 Å². The van der Waals surface area contributed by atoms with Crippen LogP contribution in [0, 0.1) is 10.8 Å². The molecule has 0 unspecified atom stereocenters. The normalized spacial score (nSPS) is 11.9. The molecule has 0 radical (unpaired) electrons. The summed E-state index contributed by atoms with van der Waals surface area (Å²) in [6.07, 6.45) is 2.74. The lowest BCUT2D eigenvalue weighted by Crippen LogP contribution is -2.10. The van der Waals surface area contributed by atoms with Crippen molar-refractivity contribution < 1.29 is 4.74 Å². The SMILES string of the molecule is COc1ccccc1C[C@@H](CCc1ccccc1)CN=O. The topological polar surface area (TPSA) is 38.7 Å². The molecular formula is C18H21NO2. The van der Waals surface area contributed by atoms with E-state index in [1.165, 1.54) is 5.56 Å². The van der Waals surface area contributed by atoms with Gasteiger partial charge < -0.3 is 4.74 Å². The zero-order valence-electron chi connectivity index (χ0n) is 12.4. The van der Waals surface area contributed by atoms with Crippen molar-refractivity contribution in [2.24, 2.45) is 11.1 Å². The Kier molecular flexibility index (Phi) is 5.95. The van der Waals surface area contributed by atoms with Crippen LogP contribution in [-0.4, -0.2) is 13.7 Å². The number of rotatable bonds is 8. The molecule has 0 aliphatic heterocycles. The molecule has 0 spiro atoms. The van der Waals surface area contributed by atoms with E-state index in [2.05, 4.69) is 23.4 Å². The van der Waals surface area contributed by atoms with Crippen molar-refractivity contribution in [2.75, 3.05) is 13.7 Å². The van der Waals surface area contributed by atoms with E-state index in [1.807, 2.05) is 36.4 Å². The van der Waals surface area contributed by atoms with E-state index in [4.69, 9.17) is 4.74 Å². The van der Waals surface area contributed by atoms with Crippen molar-refractivity contribution >= 4 is 0 Å². The monoisotopic (exact) mass is 283 g/mol. The second-order valence-corrected chi connectivity index (χ2v) is 5.22. The van der Waals surface area contributed by atoms with Crippen LogP contribution in [0.25, 0.3) is 0 Å². The van der Waals surface area contributed by atoms with Gasteiger partial charge in [-0.1, -0.05) is 53.7 Å². The predicted octanol–water partition coefficient (Wildman–Crippen LogP) is 4.25. The van der Waals surface area contributed by atoms with Crippen LogP contribution >= 0.6 is 0 Å². The van der Waals surface area contributed by atoms with Gasteiger partial charge in [-0.3, -0.25) is 0 Å². The van der Waals surface area contributed by atoms with Gasteiger partial charge in [-0.15, -0.1) is 0 Å². The smallest absolute Gasteiger partial charge is 0.122 e. The molecule has 1 atom stereocenters. The molecule has 3 nitrogen and oxygen atoms in total. The molecule has 0 N–H and O–H groups in total. The Labute approximate surface area is 125 Å². The van der Waals surface area contributed by atoms with E-state index in [-0.39, 0.29) is 5.92 Å². The van der Waals surface area contributed by atoms with Gasteiger partial charge in [0.05, 0.1) is 13.7 Å². The number of aryl methyl sites for hydroxylation is 1. The van der Waals surface area contributed by atoms with E-state index in [1.54, 1.807) is 7.11 Å². The fourth-order valence-electron chi connectivity index (χ4n) is 2.56. The first-order valence-electron chi connectivity index (χ1n) is 7.28. The van der Waals surface area contributed by atoms with Gasteiger partial charge in [0, 0.05) is 0 Å². The number of para-hydroxylation sites is 1. The molecule has 0 fully saturated rings. The maximum atomic E-state index is 10.7. The van der Waals surface area contributed by atoms with Crippen LogP contribution in [0.2, 0.25) is 0 Å². The van der Waals surface area contributed by atoms with Gasteiger partial charge in [-0.25, -0.2) is 0 Å². The lowest BCUT2D eigenvalue weighted by atomic mass is 9.92. The van der Waals surface area contributed by atoms with Crippen molar-refractivity contribution in [1.29, 1.82) is 0 Å². The predicted molar refractivity (Wildman–Crippen MR) is 85.6 cm³/mol. The quantitative estimate of drug-likeness (QED) is 0.679. The summed E-state index contributed by atoms with van der Waals surface area (Å²) in [7, 11) is 1.68. The molecule has 2 aromatic carbocycles. The van der Waals surface area contributed by atoms with Gasteiger partial charge in [0.2, 0.25) is 0 Å². The highest BCUT2D eigenvalue weighted by Crippen LogP contribution is 2.23. The summed E-state index contributed by atoms with van der Waals surface area (Å²) in [6, 6.07) is 18.3. The Morgan fingerprint density at radius 2 is 1.76 bits per heavy atom. The summed E-state index contributed by atoms with van der Waals surface area (Å²) in [6.45, 7) is 0.352. The number of methoxy groups -OCH3 is 1. The van der Waals surface area contributed by atoms with E-state index in [9.17, 15) is 4.91 Å². The molecule has 0 aromatic heterocycles. The highest BCUT2D eigenvalue weighted by atomic mass is 16.5. The van der Waals surface area contributed by atoms with Crippen LogP contribution in [0.3, 0.4) is 0 Å². The third-order valence-electron chi connectivity index (χ3n) is 3.72. The number of benzene rings is 2. The van der Waals surface area contributed by atoms with E-state index < -0.39 is 0 Å². The Bertz CT molecular complexity index is 554. The molecule has 0 aliphatic carbocycles. The summed E-state index contributed by atoms with van der Waals surface area (Å²) in [5, 5.41) is 3.11. The second-order valence-electron chi connectivity index (χ2n) is 5.22. The molecule has 0 saturated carbocycles. The van der Waals surface area contributed by atoms with Crippen molar-refractivity contribution in [3.05, 3.63) is 70.6 Å². The fourth-order valence-corrected chi connectivity index (χ4v) is 2.56. The molecule has 0 aliphatic rings. The van der Waals surface area contributed by atoms with Crippen molar-refractivity contribution in [3.8, 4) is 5.75 Å². The number of ether oxygens (including phenoxy) is 1. The highest BCUT2D eigenvalue weighted by molar-refractivity contribution is 5.33. The summed E-state index contributed by atoms with van der Waals surface area (Å²) >= 11 is 0. The number of nitroso groups, excluding NO2 is 1. The second kappa shape index (κ2) is 8.20. The van der Waals surface area contributed by atoms with Gasteiger partial charge in [0.25, 0.3) is 0 Å². The fraction of sp³-hybridized carbons (Fsp3) is 0.333. The molecule has 0 saturated heterocycles. The van der Waals surface area contributed by atoms with Gasteiger partial charge >= 0.3 is 0 Å². The summed E-state index contributed by atoms with van der Waals surface area (Å²) in [5.74, 6) is 1.13. The van der Waals surface area contributed by atoms with Gasteiger partial charge in [0.1, 0.15) is 5.75 Å². The molecule has 21 heavy (non-hydrogen) atoms. The van der Waals surface area contributed by atoms with E-state index in [0.29, 0.717) is 6.54 Å². The minimum Gasteiger partial charge on any atom is -0.496 e. The van der Waals surface area contributed by atoms with Crippen LogP contribution < -0.4 is 4.74 Å². The Balaban J connectivity index is 2.00. The van der Waals surface area contributed by atoms with Crippen molar-refractivity contribution in [1.82, 2.24) is 0 Å². The van der Waals surface area contributed by atoms with E-state index in [0.717, 1.165) is 30.6 Å². The third kappa shape index (κ3) is 4.71. The first-order chi connectivity index (χ1) is 10.3. The van der Waals surface area contributed by atoms with Gasteiger partial charge in [-0.2, -0.15) is 4.91 Å². The Morgan fingerprint density at radius 1 is 1.05 bits per heavy atom. The van der Waals surface area contributed by atoms with Crippen LogP contribution in [-0.2, 0) is 12.8 Å². The maximum absolute atomic E-state index is 10.7. The number of nitrogens with zero attached hydrogens (tertiary/aromatic N) is 1. The summed E-state index contributed by atoms with van der Waals surface area (Å²) < 4.78 is 5.38. The Hall–Kier alpha value is -2.16. The van der Waals surface area contributed by atoms with Crippen molar-refractivity contribution in [3.63, 3.8) is 0 Å². The molecule has 2 aromatic rings. The first-order valence-corrected chi connectivity index (χ1v) is 7.28. The van der Waals surface area contributed by atoms with Crippen LogP contribution in [0.15, 0.2) is 59.8 Å².